The zero-order chi connectivity index (χ0) is 15.2. The van der Waals surface area contributed by atoms with E-state index in [1.165, 1.54) is 5.56 Å². The molecule has 21 heavy (non-hydrogen) atoms. The lowest BCUT2D eigenvalue weighted by molar-refractivity contribution is 0.190. The van der Waals surface area contributed by atoms with Crippen LogP contribution in [0.5, 0.6) is 0 Å². The van der Waals surface area contributed by atoms with Gasteiger partial charge in [0.25, 0.3) is 0 Å². The van der Waals surface area contributed by atoms with Crippen molar-refractivity contribution in [3.05, 3.63) is 46.7 Å². The van der Waals surface area contributed by atoms with E-state index in [-0.39, 0.29) is 6.04 Å². The molecule has 0 bridgehead atoms. The Kier molecular flexibility index (Phi) is 5.65. The fourth-order valence-corrected chi connectivity index (χ4v) is 2.37. The molecule has 0 aliphatic carbocycles. The van der Waals surface area contributed by atoms with Crippen LogP contribution in [-0.2, 0) is 11.3 Å². The van der Waals surface area contributed by atoms with E-state index in [1.807, 2.05) is 31.2 Å². The van der Waals surface area contributed by atoms with Crippen LogP contribution in [0.4, 0.5) is 5.95 Å². The second-order valence-electron chi connectivity index (χ2n) is 5.16. The van der Waals surface area contributed by atoms with Crippen LogP contribution in [0.1, 0.15) is 30.6 Å². The average molecular weight is 308 g/mol. The molecule has 0 saturated heterocycles. The second kappa shape index (κ2) is 7.48. The lowest BCUT2D eigenvalue weighted by Crippen LogP contribution is -2.12. The lowest BCUT2D eigenvalue weighted by atomic mass is 10.1. The molecule has 0 spiro atoms. The number of ether oxygens (including phenoxy) is 1. The first-order chi connectivity index (χ1) is 10.1. The summed E-state index contributed by atoms with van der Waals surface area (Å²) in [7, 11) is 1.72. The molecule has 0 saturated carbocycles. The van der Waals surface area contributed by atoms with Crippen molar-refractivity contribution in [1.29, 1.82) is 0 Å². The molecule has 2 rings (SSSR count). The number of nitrogens with zero attached hydrogens (tertiary/aromatic N) is 2. The summed E-state index contributed by atoms with van der Waals surface area (Å²) in [6, 6.07) is 8.05. The van der Waals surface area contributed by atoms with E-state index >= 15 is 0 Å². The van der Waals surface area contributed by atoms with E-state index in [1.54, 1.807) is 7.11 Å². The minimum absolute atomic E-state index is 0.172. The number of rotatable bonds is 7. The van der Waals surface area contributed by atoms with Gasteiger partial charge in [0.2, 0.25) is 5.95 Å². The lowest BCUT2D eigenvalue weighted by Gasteiger charge is -2.16. The zero-order valence-corrected chi connectivity index (χ0v) is 13.5. The SMILES string of the molecule is COCCCn1cc(C)nc1NC(C)c1ccc(Cl)cc1. The Labute approximate surface area is 131 Å². The smallest absolute Gasteiger partial charge is 0.203 e. The van der Waals surface area contributed by atoms with Crippen LogP contribution in [0.3, 0.4) is 0 Å². The van der Waals surface area contributed by atoms with Crippen molar-refractivity contribution in [2.45, 2.75) is 32.9 Å². The predicted molar refractivity (Wildman–Crippen MR) is 86.9 cm³/mol. The number of aromatic nitrogens is 2. The van der Waals surface area contributed by atoms with Crippen LogP contribution in [-0.4, -0.2) is 23.3 Å². The standard InChI is InChI=1S/C16H22ClN3O/c1-12-11-20(9-4-10-21-3)16(18-12)19-13(2)14-5-7-15(17)8-6-14/h5-8,11,13H,4,9-10H2,1-3H3,(H,18,19). The maximum atomic E-state index is 5.93. The monoisotopic (exact) mass is 307 g/mol. The van der Waals surface area contributed by atoms with Crippen LogP contribution in [0, 0.1) is 6.92 Å². The van der Waals surface area contributed by atoms with E-state index in [9.17, 15) is 0 Å². The van der Waals surface area contributed by atoms with Gasteiger partial charge in [-0.25, -0.2) is 4.98 Å². The van der Waals surface area contributed by atoms with Crippen molar-refractivity contribution in [1.82, 2.24) is 9.55 Å². The van der Waals surface area contributed by atoms with Crippen molar-refractivity contribution in [2.24, 2.45) is 0 Å². The fraction of sp³-hybridized carbons (Fsp3) is 0.438. The Morgan fingerprint density at radius 3 is 2.71 bits per heavy atom. The molecular formula is C16H22ClN3O. The van der Waals surface area contributed by atoms with Gasteiger partial charge in [0.05, 0.1) is 11.7 Å². The van der Waals surface area contributed by atoms with Gasteiger partial charge in [-0.3, -0.25) is 0 Å². The predicted octanol–water partition coefficient (Wildman–Crippen LogP) is 4.05. The topological polar surface area (TPSA) is 39.1 Å². The van der Waals surface area contributed by atoms with Crippen molar-refractivity contribution in [3.63, 3.8) is 0 Å². The summed E-state index contributed by atoms with van der Waals surface area (Å²) in [6.07, 6.45) is 3.03. The maximum Gasteiger partial charge on any atom is 0.203 e. The summed E-state index contributed by atoms with van der Waals surface area (Å²) in [5.74, 6) is 0.894. The third kappa shape index (κ3) is 4.48. The van der Waals surface area contributed by atoms with Gasteiger partial charge in [0.15, 0.2) is 0 Å². The zero-order valence-electron chi connectivity index (χ0n) is 12.8. The number of benzene rings is 1. The number of aryl methyl sites for hydroxylation is 2. The van der Waals surface area contributed by atoms with Crippen molar-refractivity contribution >= 4 is 17.5 Å². The van der Waals surface area contributed by atoms with E-state index in [2.05, 4.69) is 28.0 Å². The summed E-state index contributed by atoms with van der Waals surface area (Å²) < 4.78 is 7.24. The number of hydrogen-bond acceptors (Lipinski definition) is 3. The van der Waals surface area contributed by atoms with E-state index in [0.717, 1.165) is 36.2 Å². The van der Waals surface area contributed by atoms with Gasteiger partial charge in [-0.15, -0.1) is 0 Å². The van der Waals surface area contributed by atoms with Gasteiger partial charge in [0.1, 0.15) is 0 Å². The van der Waals surface area contributed by atoms with Crippen LogP contribution in [0.25, 0.3) is 0 Å². The number of halogens is 1. The molecule has 5 heteroatoms. The first kappa shape index (κ1) is 15.9. The van der Waals surface area contributed by atoms with E-state index < -0.39 is 0 Å². The van der Waals surface area contributed by atoms with Crippen molar-refractivity contribution in [2.75, 3.05) is 19.0 Å². The molecule has 0 amide bonds. The molecule has 114 valence electrons. The van der Waals surface area contributed by atoms with Crippen LogP contribution in [0.15, 0.2) is 30.5 Å². The van der Waals surface area contributed by atoms with E-state index in [0.29, 0.717) is 0 Å². The first-order valence-electron chi connectivity index (χ1n) is 7.15. The normalized spacial score (nSPS) is 12.4. The molecule has 1 aromatic heterocycles. The molecule has 1 aromatic carbocycles. The molecule has 4 nitrogen and oxygen atoms in total. The summed E-state index contributed by atoms with van der Waals surface area (Å²) >= 11 is 5.93. The molecule has 1 atom stereocenters. The number of methoxy groups -OCH3 is 1. The Hall–Kier alpha value is -1.52. The van der Waals surface area contributed by atoms with Crippen LogP contribution in [0.2, 0.25) is 5.02 Å². The quantitative estimate of drug-likeness (QED) is 0.784. The average Bonchev–Trinajstić information content (AvgIpc) is 2.80. The maximum absolute atomic E-state index is 5.93. The number of hydrogen-bond donors (Lipinski definition) is 1. The van der Waals surface area contributed by atoms with Crippen molar-refractivity contribution < 1.29 is 4.74 Å². The molecule has 1 N–H and O–H groups in total. The van der Waals surface area contributed by atoms with Gasteiger partial charge < -0.3 is 14.6 Å². The molecular weight excluding hydrogens is 286 g/mol. The minimum atomic E-state index is 0.172. The van der Waals surface area contributed by atoms with Gasteiger partial charge in [-0.1, -0.05) is 23.7 Å². The highest BCUT2D eigenvalue weighted by Crippen LogP contribution is 2.21. The first-order valence-corrected chi connectivity index (χ1v) is 7.52. The highest BCUT2D eigenvalue weighted by Gasteiger charge is 2.10. The van der Waals surface area contributed by atoms with Gasteiger partial charge in [-0.05, 0) is 38.0 Å². The highest BCUT2D eigenvalue weighted by molar-refractivity contribution is 6.30. The Balaban J connectivity index is 2.05. The molecule has 2 aromatic rings. The Morgan fingerprint density at radius 1 is 1.33 bits per heavy atom. The molecule has 0 aliphatic heterocycles. The molecule has 0 radical (unpaired) electrons. The van der Waals surface area contributed by atoms with Gasteiger partial charge in [0, 0.05) is 31.5 Å². The summed E-state index contributed by atoms with van der Waals surface area (Å²) in [5, 5.41) is 4.21. The highest BCUT2D eigenvalue weighted by atomic mass is 35.5. The fourth-order valence-electron chi connectivity index (χ4n) is 2.24. The van der Waals surface area contributed by atoms with Gasteiger partial charge >= 0.3 is 0 Å². The van der Waals surface area contributed by atoms with Crippen LogP contribution < -0.4 is 5.32 Å². The van der Waals surface area contributed by atoms with Gasteiger partial charge in [-0.2, -0.15) is 0 Å². The number of anilines is 1. The third-order valence-electron chi connectivity index (χ3n) is 3.36. The minimum Gasteiger partial charge on any atom is -0.385 e. The molecule has 1 heterocycles. The Bertz CT molecular complexity index is 565. The molecule has 0 aliphatic rings. The number of imidazole rings is 1. The Morgan fingerprint density at radius 2 is 2.05 bits per heavy atom. The summed E-state index contributed by atoms with van der Waals surface area (Å²) in [5.41, 5.74) is 2.20. The van der Waals surface area contributed by atoms with Crippen molar-refractivity contribution in [3.8, 4) is 0 Å². The molecule has 1 unspecified atom stereocenters. The molecule has 0 fully saturated rings. The summed E-state index contributed by atoms with van der Waals surface area (Å²) in [6.45, 7) is 5.77. The third-order valence-corrected chi connectivity index (χ3v) is 3.61. The van der Waals surface area contributed by atoms with E-state index in [4.69, 9.17) is 16.3 Å². The number of nitrogens with one attached hydrogen (secondary N) is 1. The summed E-state index contributed by atoms with van der Waals surface area (Å²) in [4.78, 5) is 4.56. The largest absolute Gasteiger partial charge is 0.385 e. The van der Waals surface area contributed by atoms with Crippen LogP contribution >= 0.6 is 11.6 Å². The second-order valence-corrected chi connectivity index (χ2v) is 5.60.